The number of piperazine rings is 1. The molecule has 0 atom stereocenters. The molecular weight excluding hydrogens is 348 g/mol. The van der Waals surface area contributed by atoms with Crippen LogP contribution in [0.25, 0.3) is 5.65 Å². The minimum atomic E-state index is 0.597. The second-order valence-corrected chi connectivity index (χ2v) is 7.92. The Kier molecular flexibility index (Phi) is 4.87. The maximum atomic E-state index is 4.95. The van der Waals surface area contributed by atoms with E-state index in [4.69, 9.17) is 4.98 Å². The Hall–Kier alpha value is -2.60. The number of rotatable bonds is 4. The number of nitrogens with zero attached hydrogens (tertiary/aromatic N) is 4. The molecule has 0 unspecified atom stereocenters. The summed E-state index contributed by atoms with van der Waals surface area (Å²) in [5, 5.41) is 6.87. The first-order chi connectivity index (χ1) is 13.9. The summed E-state index contributed by atoms with van der Waals surface area (Å²) in [7, 11) is 0. The molecule has 6 nitrogen and oxygen atoms in total. The highest BCUT2D eigenvalue weighted by Gasteiger charge is 2.19. The van der Waals surface area contributed by atoms with Crippen LogP contribution >= 0.6 is 0 Å². The van der Waals surface area contributed by atoms with E-state index in [0.717, 1.165) is 43.3 Å². The first-order valence-corrected chi connectivity index (χ1v) is 10.5. The zero-order valence-electron chi connectivity index (χ0n) is 16.3. The summed E-state index contributed by atoms with van der Waals surface area (Å²) >= 11 is 0. The molecule has 0 radical (unpaired) electrons. The van der Waals surface area contributed by atoms with Crippen LogP contribution in [0.15, 0.2) is 42.9 Å². The minimum Gasteiger partial charge on any atom is -0.369 e. The molecule has 0 bridgehead atoms. The van der Waals surface area contributed by atoms with Crippen molar-refractivity contribution in [3.63, 3.8) is 0 Å². The normalized spacial score (nSPS) is 18.5. The number of fused-ring (bicyclic) bond motifs is 1. The molecule has 2 fully saturated rings. The predicted molar refractivity (Wildman–Crippen MR) is 114 cm³/mol. The summed E-state index contributed by atoms with van der Waals surface area (Å²) in [5.41, 5.74) is 4.44. The highest BCUT2D eigenvalue weighted by atomic mass is 15.2. The molecule has 1 aliphatic carbocycles. The third kappa shape index (κ3) is 3.56. The van der Waals surface area contributed by atoms with Gasteiger partial charge in [-0.25, -0.2) is 9.97 Å². The Labute approximate surface area is 166 Å². The van der Waals surface area contributed by atoms with Gasteiger partial charge in [0.2, 0.25) is 0 Å². The number of anilines is 3. The largest absolute Gasteiger partial charge is 0.369 e. The molecule has 1 saturated heterocycles. The van der Waals surface area contributed by atoms with E-state index in [9.17, 15) is 0 Å². The molecule has 28 heavy (non-hydrogen) atoms. The molecule has 3 heterocycles. The summed E-state index contributed by atoms with van der Waals surface area (Å²) in [6, 6.07) is 8.64. The SMILES string of the molecule is c1cn2cc(C3CCCCC3)nc2c(Nc2ccc(N3CCNCC3)cc2)n1. The molecule has 1 aliphatic heterocycles. The number of nitrogens with one attached hydrogen (secondary N) is 2. The fraction of sp³-hybridized carbons (Fsp3) is 0.455. The van der Waals surface area contributed by atoms with Gasteiger partial charge >= 0.3 is 0 Å². The molecule has 6 heteroatoms. The highest BCUT2D eigenvalue weighted by molar-refractivity contribution is 5.71. The smallest absolute Gasteiger partial charge is 0.180 e. The fourth-order valence-corrected chi connectivity index (χ4v) is 4.44. The van der Waals surface area contributed by atoms with Gasteiger partial charge in [-0.05, 0) is 37.1 Å². The van der Waals surface area contributed by atoms with Crippen LogP contribution in [0.1, 0.15) is 43.7 Å². The van der Waals surface area contributed by atoms with E-state index in [-0.39, 0.29) is 0 Å². The summed E-state index contributed by atoms with van der Waals surface area (Å²) in [5.74, 6) is 1.42. The van der Waals surface area contributed by atoms with Crippen LogP contribution in [-0.4, -0.2) is 40.5 Å². The van der Waals surface area contributed by atoms with Crippen LogP contribution < -0.4 is 15.5 Å². The molecule has 2 N–H and O–H groups in total. The van der Waals surface area contributed by atoms with Gasteiger partial charge in [-0.1, -0.05) is 19.3 Å². The maximum Gasteiger partial charge on any atom is 0.180 e. The maximum absolute atomic E-state index is 4.95. The second-order valence-electron chi connectivity index (χ2n) is 7.92. The Bertz CT molecular complexity index is 920. The Morgan fingerprint density at radius 2 is 1.79 bits per heavy atom. The minimum absolute atomic E-state index is 0.597. The van der Waals surface area contributed by atoms with Gasteiger partial charge in [0.15, 0.2) is 11.5 Å². The molecule has 0 spiro atoms. The average Bonchev–Trinajstić information content (AvgIpc) is 3.21. The number of aromatic nitrogens is 3. The third-order valence-electron chi connectivity index (χ3n) is 6.03. The first kappa shape index (κ1) is 17.5. The van der Waals surface area contributed by atoms with Gasteiger partial charge in [0.25, 0.3) is 0 Å². The van der Waals surface area contributed by atoms with Gasteiger partial charge < -0.3 is 19.9 Å². The van der Waals surface area contributed by atoms with Crippen molar-refractivity contribution in [3.8, 4) is 0 Å². The van der Waals surface area contributed by atoms with Crippen molar-refractivity contribution >= 4 is 22.8 Å². The highest BCUT2D eigenvalue weighted by Crippen LogP contribution is 2.33. The van der Waals surface area contributed by atoms with Crippen LogP contribution in [0, 0.1) is 0 Å². The van der Waals surface area contributed by atoms with Crippen LogP contribution in [-0.2, 0) is 0 Å². The summed E-state index contributed by atoms with van der Waals surface area (Å²) in [6.07, 6.45) is 12.5. The van der Waals surface area contributed by atoms with E-state index >= 15 is 0 Å². The molecule has 2 aromatic heterocycles. The van der Waals surface area contributed by atoms with Crippen LogP contribution in [0.4, 0.5) is 17.2 Å². The molecule has 2 aliphatic rings. The van der Waals surface area contributed by atoms with Crippen molar-refractivity contribution in [2.24, 2.45) is 0 Å². The second kappa shape index (κ2) is 7.80. The van der Waals surface area contributed by atoms with E-state index in [1.54, 1.807) is 0 Å². The topological polar surface area (TPSA) is 57.5 Å². The first-order valence-electron chi connectivity index (χ1n) is 10.5. The van der Waals surface area contributed by atoms with E-state index in [2.05, 4.69) is 55.4 Å². The molecule has 5 rings (SSSR count). The number of hydrogen-bond acceptors (Lipinski definition) is 5. The van der Waals surface area contributed by atoms with Crippen LogP contribution in [0.5, 0.6) is 0 Å². The van der Waals surface area contributed by atoms with Crippen molar-refractivity contribution in [2.75, 3.05) is 36.4 Å². The fourth-order valence-electron chi connectivity index (χ4n) is 4.44. The van der Waals surface area contributed by atoms with Crippen molar-refractivity contribution in [1.29, 1.82) is 0 Å². The van der Waals surface area contributed by atoms with Crippen molar-refractivity contribution in [2.45, 2.75) is 38.0 Å². The molecule has 1 aromatic carbocycles. The van der Waals surface area contributed by atoms with E-state index < -0.39 is 0 Å². The van der Waals surface area contributed by atoms with Gasteiger partial charge in [-0.3, -0.25) is 0 Å². The lowest BCUT2D eigenvalue weighted by Gasteiger charge is -2.29. The Balaban J connectivity index is 1.36. The summed E-state index contributed by atoms with van der Waals surface area (Å²) < 4.78 is 2.11. The zero-order valence-corrected chi connectivity index (χ0v) is 16.3. The Morgan fingerprint density at radius 3 is 2.57 bits per heavy atom. The zero-order chi connectivity index (χ0) is 18.8. The molecule has 0 amide bonds. The lowest BCUT2D eigenvalue weighted by Crippen LogP contribution is -2.43. The van der Waals surface area contributed by atoms with Crippen LogP contribution in [0.3, 0.4) is 0 Å². The van der Waals surface area contributed by atoms with E-state index in [1.807, 2.05) is 12.4 Å². The van der Waals surface area contributed by atoms with Gasteiger partial charge in [-0.15, -0.1) is 0 Å². The summed E-state index contributed by atoms with van der Waals surface area (Å²) in [4.78, 5) is 11.9. The van der Waals surface area contributed by atoms with Crippen molar-refractivity contribution in [3.05, 3.63) is 48.5 Å². The van der Waals surface area contributed by atoms with E-state index in [0.29, 0.717) is 5.92 Å². The van der Waals surface area contributed by atoms with Gasteiger partial charge in [0, 0.05) is 62.1 Å². The van der Waals surface area contributed by atoms with Gasteiger partial charge in [0.05, 0.1) is 5.69 Å². The Morgan fingerprint density at radius 1 is 1.00 bits per heavy atom. The molecule has 3 aromatic rings. The number of benzene rings is 1. The van der Waals surface area contributed by atoms with Crippen molar-refractivity contribution < 1.29 is 0 Å². The predicted octanol–water partition coefficient (Wildman–Crippen LogP) is 3.93. The standard InChI is InChI=1S/C22H28N6/c1-2-4-17(5-3-1)20-16-28-15-12-24-21(22(28)26-20)25-18-6-8-19(9-7-18)27-13-10-23-11-14-27/h6-9,12,15-17,23H,1-5,10-11,13-14H2,(H,24,25). The van der Waals surface area contributed by atoms with Gasteiger partial charge in [-0.2, -0.15) is 0 Å². The van der Waals surface area contributed by atoms with Crippen molar-refractivity contribution in [1.82, 2.24) is 19.7 Å². The molecule has 146 valence electrons. The molecular formula is C22H28N6. The van der Waals surface area contributed by atoms with Crippen LogP contribution in [0.2, 0.25) is 0 Å². The van der Waals surface area contributed by atoms with E-state index in [1.165, 1.54) is 43.5 Å². The number of imidazole rings is 1. The monoisotopic (exact) mass is 376 g/mol. The average molecular weight is 377 g/mol. The molecule has 1 saturated carbocycles. The number of hydrogen-bond donors (Lipinski definition) is 2. The quantitative estimate of drug-likeness (QED) is 0.723. The lowest BCUT2D eigenvalue weighted by atomic mass is 9.87. The third-order valence-corrected chi connectivity index (χ3v) is 6.03. The lowest BCUT2D eigenvalue weighted by molar-refractivity contribution is 0.438. The summed E-state index contributed by atoms with van der Waals surface area (Å²) in [6.45, 7) is 4.22. The van der Waals surface area contributed by atoms with Gasteiger partial charge in [0.1, 0.15) is 0 Å².